The van der Waals surface area contributed by atoms with Crippen molar-refractivity contribution in [3.8, 4) is 0 Å². The molecule has 1 saturated heterocycles. The van der Waals surface area contributed by atoms with Crippen molar-refractivity contribution in [3.63, 3.8) is 0 Å². The number of ether oxygens (including phenoxy) is 2. The van der Waals surface area contributed by atoms with Crippen LogP contribution in [0, 0.1) is 5.92 Å². The third kappa shape index (κ3) is 3.72. The molecule has 3 atom stereocenters. The Bertz CT molecular complexity index is 192. The summed E-state index contributed by atoms with van der Waals surface area (Å²) in [6, 6.07) is 0.720. The van der Waals surface area contributed by atoms with Gasteiger partial charge < -0.3 is 14.8 Å². The summed E-state index contributed by atoms with van der Waals surface area (Å²) in [6.45, 7) is 5.85. The highest BCUT2D eigenvalue weighted by Gasteiger charge is 2.20. The van der Waals surface area contributed by atoms with E-state index in [9.17, 15) is 0 Å². The Labute approximate surface area is 98.9 Å². The van der Waals surface area contributed by atoms with Crippen LogP contribution in [0.1, 0.15) is 39.0 Å². The molecule has 1 saturated carbocycles. The quantitative estimate of drug-likeness (QED) is 0.728. The van der Waals surface area contributed by atoms with E-state index in [4.69, 9.17) is 9.47 Å². The van der Waals surface area contributed by atoms with Crippen LogP contribution < -0.4 is 5.32 Å². The molecule has 0 bridgehead atoms. The maximum absolute atomic E-state index is 5.74. The fraction of sp³-hybridized carbons (Fsp3) is 1.00. The van der Waals surface area contributed by atoms with Crippen molar-refractivity contribution in [2.75, 3.05) is 26.4 Å². The summed E-state index contributed by atoms with van der Waals surface area (Å²) in [5.41, 5.74) is 0. The third-order valence-electron chi connectivity index (χ3n) is 3.86. The number of nitrogens with one attached hydrogen (secondary N) is 1. The van der Waals surface area contributed by atoms with E-state index in [-0.39, 0.29) is 0 Å². The first-order valence-electron chi connectivity index (χ1n) is 6.79. The highest BCUT2D eigenvalue weighted by molar-refractivity contribution is 4.77. The summed E-state index contributed by atoms with van der Waals surface area (Å²) in [5, 5.41) is 3.63. The van der Waals surface area contributed by atoms with Crippen molar-refractivity contribution in [1.29, 1.82) is 0 Å². The van der Waals surface area contributed by atoms with Crippen LogP contribution >= 0.6 is 0 Å². The van der Waals surface area contributed by atoms with Crippen molar-refractivity contribution >= 4 is 0 Å². The first kappa shape index (κ1) is 12.3. The summed E-state index contributed by atoms with van der Waals surface area (Å²) in [4.78, 5) is 0. The molecular weight excluding hydrogens is 202 g/mol. The van der Waals surface area contributed by atoms with Crippen LogP contribution in [0.3, 0.4) is 0 Å². The Balaban J connectivity index is 1.53. The third-order valence-corrected chi connectivity index (χ3v) is 3.86. The minimum atomic E-state index is 0.352. The molecule has 1 aliphatic heterocycles. The second-order valence-corrected chi connectivity index (χ2v) is 5.18. The van der Waals surface area contributed by atoms with Crippen molar-refractivity contribution in [1.82, 2.24) is 5.32 Å². The van der Waals surface area contributed by atoms with Gasteiger partial charge in [-0.3, -0.25) is 0 Å². The Kier molecular flexibility index (Phi) is 5.07. The van der Waals surface area contributed by atoms with Crippen LogP contribution in [0.2, 0.25) is 0 Å². The number of rotatable bonds is 5. The van der Waals surface area contributed by atoms with Gasteiger partial charge in [-0.2, -0.15) is 0 Å². The Morgan fingerprint density at radius 3 is 2.88 bits per heavy atom. The van der Waals surface area contributed by atoms with Gasteiger partial charge in [0, 0.05) is 19.2 Å². The van der Waals surface area contributed by atoms with Crippen molar-refractivity contribution in [2.45, 2.75) is 51.2 Å². The van der Waals surface area contributed by atoms with Gasteiger partial charge in [0.1, 0.15) is 0 Å². The zero-order chi connectivity index (χ0) is 11.2. The van der Waals surface area contributed by atoms with Gasteiger partial charge in [-0.05, 0) is 25.2 Å². The molecule has 0 aromatic carbocycles. The Morgan fingerprint density at radius 1 is 1.25 bits per heavy atom. The first-order valence-corrected chi connectivity index (χ1v) is 6.79. The molecule has 2 fully saturated rings. The lowest BCUT2D eigenvalue weighted by Crippen LogP contribution is -2.39. The van der Waals surface area contributed by atoms with Crippen LogP contribution in [0.25, 0.3) is 0 Å². The van der Waals surface area contributed by atoms with Gasteiger partial charge in [0.25, 0.3) is 0 Å². The van der Waals surface area contributed by atoms with E-state index < -0.39 is 0 Å². The average Bonchev–Trinajstić information content (AvgIpc) is 2.79. The molecule has 1 aliphatic carbocycles. The number of hydrogen-bond donors (Lipinski definition) is 1. The summed E-state index contributed by atoms with van der Waals surface area (Å²) >= 11 is 0. The van der Waals surface area contributed by atoms with E-state index in [1.165, 1.54) is 25.7 Å². The maximum atomic E-state index is 5.74. The van der Waals surface area contributed by atoms with Gasteiger partial charge in [0.05, 0.1) is 19.3 Å². The summed E-state index contributed by atoms with van der Waals surface area (Å²) < 4.78 is 11.0. The van der Waals surface area contributed by atoms with Gasteiger partial charge in [0.2, 0.25) is 0 Å². The first-order chi connectivity index (χ1) is 7.86. The van der Waals surface area contributed by atoms with Gasteiger partial charge in [0.15, 0.2) is 0 Å². The van der Waals surface area contributed by atoms with Crippen LogP contribution in [0.5, 0.6) is 0 Å². The van der Waals surface area contributed by atoms with Gasteiger partial charge >= 0.3 is 0 Å². The monoisotopic (exact) mass is 227 g/mol. The van der Waals surface area contributed by atoms with Gasteiger partial charge in [-0.1, -0.05) is 19.8 Å². The minimum absolute atomic E-state index is 0.352. The van der Waals surface area contributed by atoms with Crippen molar-refractivity contribution < 1.29 is 9.47 Å². The summed E-state index contributed by atoms with van der Waals surface area (Å²) in [6.07, 6.45) is 6.95. The van der Waals surface area contributed by atoms with Gasteiger partial charge in [-0.15, -0.1) is 0 Å². The molecule has 94 valence electrons. The molecule has 0 amide bonds. The smallest absolute Gasteiger partial charge is 0.0831 e. The van der Waals surface area contributed by atoms with Crippen LogP contribution in [0.15, 0.2) is 0 Å². The molecule has 3 heteroatoms. The molecule has 0 radical (unpaired) electrons. The van der Waals surface area contributed by atoms with Crippen molar-refractivity contribution in [3.05, 3.63) is 0 Å². The fourth-order valence-corrected chi connectivity index (χ4v) is 2.73. The molecule has 1 N–H and O–H groups in total. The topological polar surface area (TPSA) is 30.5 Å². The highest BCUT2D eigenvalue weighted by Crippen LogP contribution is 2.23. The Morgan fingerprint density at radius 2 is 2.12 bits per heavy atom. The summed E-state index contributed by atoms with van der Waals surface area (Å²) in [5.74, 6) is 0.837. The van der Waals surface area contributed by atoms with Crippen LogP contribution in [-0.4, -0.2) is 38.5 Å². The molecule has 2 aliphatic rings. The van der Waals surface area contributed by atoms with E-state index in [1.807, 2.05) is 0 Å². The molecule has 3 nitrogen and oxygen atoms in total. The molecule has 16 heavy (non-hydrogen) atoms. The van der Waals surface area contributed by atoms with E-state index in [0.717, 1.165) is 44.7 Å². The van der Waals surface area contributed by atoms with Crippen LogP contribution in [0.4, 0.5) is 0 Å². The zero-order valence-electron chi connectivity index (χ0n) is 10.4. The predicted molar refractivity (Wildman–Crippen MR) is 64.6 cm³/mol. The lowest BCUT2D eigenvalue weighted by Gasteiger charge is -2.29. The zero-order valence-corrected chi connectivity index (χ0v) is 10.4. The molecule has 2 rings (SSSR count). The Hall–Kier alpha value is -0.120. The van der Waals surface area contributed by atoms with Gasteiger partial charge in [-0.25, -0.2) is 0 Å². The van der Waals surface area contributed by atoms with E-state index >= 15 is 0 Å². The normalized spacial score (nSPS) is 35.4. The second-order valence-electron chi connectivity index (χ2n) is 5.18. The largest absolute Gasteiger partial charge is 0.379 e. The lowest BCUT2D eigenvalue weighted by molar-refractivity contribution is 0.0422. The standard InChI is InChI=1S/C13H25NO2/c1-11-4-2-3-5-13(11)14-7-9-16-12-6-8-15-10-12/h11-14H,2-10H2,1H3. The van der Waals surface area contributed by atoms with Crippen molar-refractivity contribution in [2.24, 2.45) is 5.92 Å². The molecule has 0 spiro atoms. The second kappa shape index (κ2) is 6.58. The molecule has 0 aromatic rings. The maximum Gasteiger partial charge on any atom is 0.0831 e. The molecule has 3 unspecified atom stereocenters. The molecular formula is C13H25NO2. The van der Waals surface area contributed by atoms with Crippen LogP contribution in [-0.2, 0) is 9.47 Å². The average molecular weight is 227 g/mol. The van der Waals surface area contributed by atoms with E-state index in [0.29, 0.717) is 6.10 Å². The summed E-state index contributed by atoms with van der Waals surface area (Å²) in [7, 11) is 0. The minimum Gasteiger partial charge on any atom is -0.379 e. The highest BCUT2D eigenvalue weighted by atomic mass is 16.5. The molecule has 1 heterocycles. The molecule has 0 aromatic heterocycles. The lowest BCUT2D eigenvalue weighted by atomic mass is 9.86. The fourth-order valence-electron chi connectivity index (χ4n) is 2.73. The predicted octanol–water partition coefficient (Wildman–Crippen LogP) is 1.96. The number of hydrogen-bond acceptors (Lipinski definition) is 3. The SMILES string of the molecule is CC1CCCCC1NCCOC1CCOC1. The van der Waals surface area contributed by atoms with E-state index in [1.54, 1.807) is 0 Å². The van der Waals surface area contributed by atoms with E-state index in [2.05, 4.69) is 12.2 Å².